The average Bonchev–Trinajstić information content (AvgIpc) is 2.70. The molecule has 1 aliphatic rings. The summed E-state index contributed by atoms with van der Waals surface area (Å²) >= 11 is 0. The summed E-state index contributed by atoms with van der Waals surface area (Å²) in [7, 11) is 0. The van der Waals surface area contributed by atoms with Gasteiger partial charge in [0.2, 0.25) is 0 Å². The van der Waals surface area contributed by atoms with Gasteiger partial charge in [0.1, 0.15) is 5.69 Å². The lowest BCUT2D eigenvalue weighted by atomic mass is 10.2. The van der Waals surface area contributed by atoms with Crippen molar-refractivity contribution in [1.82, 2.24) is 15.2 Å². The Morgan fingerprint density at radius 3 is 2.70 bits per heavy atom. The summed E-state index contributed by atoms with van der Waals surface area (Å²) in [6.45, 7) is 6.48. The maximum Gasteiger partial charge on any atom is 0.274 e. The van der Waals surface area contributed by atoms with Gasteiger partial charge in [-0.25, -0.2) is 0 Å². The molecule has 142 valence electrons. The quantitative estimate of drug-likeness (QED) is 0.811. The zero-order chi connectivity index (χ0) is 19.1. The minimum Gasteiger partial charge on any atom is -0.379 e. The van der Waals surface area contributed by atoms with Crippen LogP contribution in [0.2, 0.25) is 0 Å². The predicted octanol–water partition coefficient (Wildman–Crippen LogP) is 1.70. The molecule has 1 saturated heterocycles. The van der Waals surface area contributed by atoms with Crippen LogP contribution < -0.4 is 10.6 Å². The number of carbonyl (C=O) groups excluding carboxylic acids is 2. The molecule has 1 aromatic heterocycles. The van der Waals surface area contributed by atoms with Crippen LogP contribution in [0.4, 0.5) is 5.69 Å². The van der Waals surface area contributed by atoms with E-state index in [0.717, 1.165) is 44.1 Å². The molecule has 0 atom stereocenters. The van der Waals surface area contributed by atoms with Crippen LogP contribution in [0.5, 0.6) is 0 Å². The SMILES string of the molecule is Cc1ccccc1NC(=O)c1cc(C(=O)NCCN2CCOCC2)ccn1. The van der Waals surface area contributed by atoms with Gasteiger partial charge in [-0.1, -0.05) is 18.2 Å². The highest BCUT2D eigenvalue weighted by molar-refractivity contribution is 6.05. The molecule has 1 fully saturated rings. The van der Waals surface area contributed by atoms with E-state index >= 15 is 0 Å². The first-order valence-electron chi connectivity index (χ1n) is 9.05. The highest BCUT2D eigenvalue weighted by Gasteiger charge is 2.14. The Hall–Kier alpha value is -2.77. The van der Waals surface area contributed by atoms with Crippen molar-refractivity contribution in [3.63, 3.8) is 0 Å². The van der Waals surface area contributed by atoms with E-state index in [0.29, 0.717) is 12.1 Å². The third-order valence-electron chi connectivity index (χ3n) is 4.47. The van der Waals surface area contributed by atoms with Crippen LogP contribution in [0.15, 0.2) is 42.6 Å². The number of aromatic nitrogens is 1. The van der Waals surface area contributed by atoms with Crippen LogP contribution in [0.3, 0.4) is 0 Å². The normalized spacial score (nSPS) is 14.6. The second kappa shape index (κ2) is 9.25. The molecule has 2 amide bonds. The first kappa shape index (κ1) is 19.0. The largest absolute Gasteiger partial charge is 0.379 e. The smallest absolute Gasteiger partial charge is 0.274 e. The predicted molar refractivity (Wildman–Crippen MR) is 103 cm³/mol. The second-order valence-corrected chi connectivity index (χ2v) is 6.41. The summed E-state index contributed by atoms with van der Waals surface area (Å²) in [5.41, 5.74) is 2.31. The van der Waals surface area contributed by atoms with Gasteiger partial charge in [-0.05, 0) is 30.7 Å². The fraction of sp³-hybridized carbons (Fsp3) is 0.350. The van der Waals surface area contributed by atoms with Crippen molar-refractivity contribution < 1.29 is 14.3 Å². The number of nitrogens with zero attached hydrogens (tertiary/aromatic N) is 2. The number of aryl methyl sites for hydroxylation is 1. The first-order valence-corrected chi connectivity index (χ1v) is 9.05. The number of anilines is 1. The molecule has 7 heteroatoms. The molecule has 0 saturated carbocycles. The maximum atomic E-state index is 12.4. The van der Waals surface area contributed by atoms with E-state index in [1.807, 2.05) is 31.2 Å². The molecule has 3 rings (SSSR count). The molecule has 1 aromatic carbocycles. The number of nitrogens with one attached hydrogen (secondary N) is 2. The number of morpholine rings is 1. The molecule has 7 nitrogen and oxygen atoms in total. The molecular weight excluding hydrogens is 344 g/mol. The van der Waals surface area contributed by atoms with Gasteiger partial charge >= 0.3 is 0 Å². The third kappa shape index (κ3) is 5.35. The van der Waals surface area contributed by atoms with Crippen LogP contribution in [0, 0.1) is 6.92 Å². The lowest BCUT2D eigenvalue weighted by Crippen LogP contribution is -2.41. The molecule has 0 bridgehead atoms. The van der Waals surface area contributed by atoms with Gasteiger partial charge in [0, 0.05) is 43.6 Å². The average molecular weight is 368 g/mol. The Kier molecular flexibility index (Phi) is 6.51. The molecule has 0 aliphatic carbocycles. The molecule has 0 spiro atoms. The molecule has 2 N–H and O–H groups in total. The van der Waals surface area contributed by atoms with Gasteiger partial charge in [0.15, 0.2) is 0 Å². The molecule has 2 aromatic rings. The third-order valence-corrected chi connectivity index (χ3v) is 4.47. The number of carbonyl (C=O) groups is 2. The minimum absolute atomic E-state index is 0.207. The van der Waals surface area contributed by atoms with E-state index in [2.05, 4.69) is 20.5 Å². The van der Waals surface area contributed by atoms with Gasteiger partial charge in [-0.3, -0.25) is 19.5 Å². The summed E-state index contributed by atoms with van der Waals surface area (Å²) in [4.78, 5) is 31.1. The van der Waals surface area contributed by atoms with Crippen molar-refractivity contribution in [1.29, 1.82) is 0 Å². The van der Waals surface area contributed by atoms with Crippen molar-refractivity contribution in [3.8, 4) is 0 Å². The van der Waals surface area contributed by atoms with Crippen molar-refractivity contribution in [2.45, 2.75) is 6.92 Å². The molecule has 2 heterocycles. The standard InChI is InChI=1S/C20H24N4O3/c1-15-4-2-3-5-17(15)23-20(26)18-14-16(6-7-21-18)19(25)22-8-9-24-10-12-27-13-11-24/h2-7,14H,8-13H2,1H3,(H,22,25)(H,23,26). The lowest BCUT2D eigenvalue weighted by molar-refractivity contribution is 0.0383. The Balaban J connectivity index is 1.56. The molecule has 0 unspecified atom stereocenters. The van der Waals surface area contributed by atoms with Crippen LogP contribution in [-0.4, -0.2) is 61.1 Å². The number of pyridine rings is 1. The Morgan fingerprint density at radius 2 is 1.93 bits per heavy atom. The zero-order valence-corrected chi connectivity index (χ0v) is 15.4. The summed E-state index contributed by atoms with van der Waals surface area (Å²) in [5, 5.41) is 5.72. The number of benzene rings is 1. The summed E-state index contributed by atoms with van der Waals surface area (Å²) in [6.07, 6.45) is 1.48. The topological polar surface area (TPSA) is 83.6 Å². The van der Waals surface area contributed by atoms with E-state index < -0.39 is 0 Å². The molecule has 1 aliphatic heterocycles. The number of hydrogen-bond acceptors (Lipinski definition) is 5. The lowest BCUT2D eigenvalue weighted by Gasteiger charge is -2.26. The fourth-order valence-electron chi connectivity index (χ4n) is 2.85. The van der Waals surface area contributed by atoms with E-state index in [9.17, 15) is 9.59 Å². The zero-order valence-electron chi connectivity index (χ0n) is 15.4. The fourth-order valence-corrected chi connectivity index (χ4v) is 2.85. The van der Waals surface area contributed by atoms with Crippen LogP contribution in [0.25, 0.3) is 0 Å². The highest BCUT2D eigenvalue weighted by atomic mass is 16.5. The van der Waals surface area contributed by atoms with E-state index in [4.69, 9.17) is 4.74 Å². The van der Waals surface area contributed by atoms with Gasteiger partial charge in [0.05, 0.1) is 13.2 Å². The summed E-state index contributed by atoms with van der Waals surface area (Å²) in [6, 6.07) is 10.6. The summed E-state index contributed by atoms with van der Waals surface area (Å²) in [5.74, 6) is -0.553. The van der Waals surface area contributed by atoms with Gasteiger partial charge in [0.25, 0.3) is 11.8 Å². The number of amides is 2. The molecule has 0 radical (unpaired) electrons. The van der Waals surface area contributed by atoms with Crippen molar-refractivity contribution in [2.24, 2.45) is 0 Å². The number of para-hydroxylation sites is 1. The highest BCUT2D eigenvalue weighted by Crippen LogP contribution is 2.14. The van der Waals surface area contributed by atoms with Crippen LogP contribution in [-0.2, 0) is 4.74 Å². The molecular formula is C20H24N4O3. The van der Waals surface area contributed by atoms with Crippen molar-refractivity contribution in [2.75, 3.05) is 44.7 Å². The number of hydrogen-bond donors (Lipinski definition) is 2. The van der Waals surface area contributed by atoms with E-state index in [1.54, 1.807) is 6.07 Å². The second-order valence-electron chi connectivity index (χ2n) is 6.41. The number of rotatable bonds is 6. The first-order chi connectivity index (χ1) is 13.1. The van der Waals surface area contributed by atoms with Crippen molar-refractivity contribution >= 4 is 17.5 Å². The van der Waals surface area contributed by atoms with E-state index in [1.165, 1.54) is 12.3 Å². The summed E-state index contributed by atoms with van der Waals surface area (Å²) < 4.78 is 5.31. The maximum absolute atomic E-state index is 12.4. The Labute approximate surface area is 158 Å². The monoisotopic (exact) mass is 368 g/mol. The van der Waals surface area contributed by atoms with Gasteiger partial charge in [-0.15, -0.1) is 0 Å². The molecule has 27 heavy (non-hydrogen) atoms. The van der Waals surface area contributed by atoms with Crippen LogP contribution in [0.1, 0.15) is 26.4 Å². The Morgan fingerprint density at radius 1 is 1.15 bits per heavy atom. The van der Waals surface area contributed by atoms with Gasteiger partial charge in [-0.2, -0.15) is 0 Å². The number of ether oxygens (including phenoxy) is 1. The van der Waals surface area contributed by atoms with Crippen molar-refractivity contribution in [3.05, 3.63) is 59.4 Å². The van der Waals surface area contributed by atoms with Gasteiger partial charge < -0.3 is 15.4 Å². The van der Waals surface area contributed by atoms with E-state index in [-0.39, 0.29) is 17.5 Å². The minimum atomic E-state index is -0.340. The van der Waals surface area contributed by atoms with Crippen LogP contribution >= 0.6 is 0 Å². The Bertz CT molecular complexity index is 803.